The summed E-state index contributed by atoms with van der Waals surface area (Å²) in [6.45, 7) is 1.63. The van der Waals surface area contributed by atoms with E-state index in [1.54, 1.807) is 50.4 Å². The van der Waals surface area contributed by atoms with Gasteiger partial charge in [-0.05, 0) is 43.3 Å². The smallest absolute Gasteiger partial charge is 0.260 e. The number of aryl methyl sites for hydroxylation is 1. The van der Waals surface area contributed by atoms with Crippen molar-refractivity contribution in [1.82, 2.24) is 19.5 Å². The summed E-state index contributed by atoms with van der Waals surface area (Å²) >= 11 is 0. The molecule has 1 unspecified atom stereocenters. The van der Waals surface area contributed by atoms with E-state index in [-0.39, 0.29) is 11.5 Å². The molecule has 4 aromatic rings. The molecule has 2 heterocycles. The number of aromatic amines is 1. The summed E-state index contributed by atoms with van der Waals surface area (Å²) in [5.74, 6) is 0.157. The Morgan fingerprint density at radius 2 is 2.04 bits per heavy atom. The van der Waals surface area contributed by atoms with E-state index in [1.165, 1.54) is 10.9 Å². The van der Waals surface area contributed by atoms with Gasteiger partial charge in [0, 0.05) is 18.3 Å². The molecular formula is C19H17N5O3. The minimum atomic E-state index is -0.701. The van der Waals surface area contributed by atoms with Crippen molar-refractivity contribution in [3.63, 3.8) is 0 Å². The van der Waals surface area contributed by atoms with E-state index < -0.39 is 6.10 Å². The lowest BCUT2D eigenvalue weighted by Gasteiger charge is -2.06. The van der Waals surface area contributed by atoms with Crippen LogP contribution in [0, 0.1) is 0 Å². The van der Waals surface area contributed by atoms with Gasteiger partial charge in [-0.1, -0.05) is 0 Å². The number of anilines is 1. The molecule has 3 N–H and O–H groups in total. The van der Waals surface area contributed by atoms with Crippen molar-refractivity contribution in [3.8, 4) is 0 Å². The van der Waals surface area contributed by atoms with Gasteiger partial charge in [-0.2, -0.15) is 0 Å². The number of amides is 1. The summed E-state index contributed by atoms with van der Waals surface area (Å²) in [6, 6.07) is 10.0. The largest absolute Gasteiger partial charge is 0.385 e. The van der Waals surface area contributed by atoms with Crippen LogP contribution < -0.4 is 10.9 Å². The highest BCUT2D eigenvalue weighted by atomic mass is 16.3. The third-order valence-corrected chi connectivity index (χ3v) is 4.33. The fourth-order valence-corrected chi connectivity index (χ4v) is 2.86. The number of H-pyrrole nitrogens is 1. The second-order valence-electron chi connectivity index (χ2n) is 6.38. The Morgan fingerprint density at radius 1 is 1.22 bits per heavy atom. The Hall–Kier alpha value is -3.52. The molecule has 136 valence electrons. The lowest BCUT2D eigenvalue weighted by molar-refractivity contribution is 0.102. The van der Waals surface area contributed by atoms with E-state index in [0.29, 0.717) is 39.0 Å². The average Bonchev–Trinajstić information content (AvgIpc) is 3.08. The zero-order valence-electron chi connectivity index (χ0n) is 14.7. The van der Waals surface area contributed by atoms with E-state index in [1.807, 2.05) is 0 Å². The van der Waals surface area contributed by atoms with E-state index >= 15 is 0 Å². The van der Waals surface area contributed by atoms with Gasteiger partial charge in [0.1, 0.15) is 11.9 Å². The van der Waals surface area contributed by atoms with Crippen LogP contribution in [0.5, 0.6) is 0 Å². The van der Waals surface area contributed by atoms with Crippen LogP contribution in [0.15, 0.2) is 47.5 Å². The lowest BCUT2D eigenvalue weighted by Crippen LogP contribution is -2.18. The molecule has 0 saturated heterocycles. The number of benzene rings is 2. The lowest BCUT2D eigenvalue weighted by atomic mass is 10.1. The molecule has 0 radical (unpaired) electrons. The first-order chi connectivity index (χ1) is 12.9. The predicted molar refractivity (Wildman–Crippen MR) is 102 cm³/mol. The van der Waals surface area contributed by atoms with Crippen LogP contribution in [0.4, 0.5) is 5.69 Å². The standard InChI is InChI=1S/C19H17N5O3/c1-10(25)17-22-14-6-4-12(8-16(14)23-17)21-18(26)11-3-5-13-15(7-11)20-9-24(2)19(13)27/h3-10,25H,1-2H3,(H,21,26)(H,22,23). The Balaban J connectivity index is 1.63. The molecule has 1 atom stereocenters. The number of carbonyl (C=O) groups is 1. The molecule has 8 nitrogen and oxygen atoms in total. The quantitative estimate of drug-likeness (QED) is 0.516. The molecule has 27 heavy (non-hydrogen) atoms. The number of imidazole rings is 1. The van der Waals surface area contributed by atoms with E-state index in [4.69, 9.17) is 0 Å². The van der Waals surface area contributed by atoms with Gasteiger partial charge in [-0.3, -0.25) is 9.59 Å². The summed E-state index contributed by atoms with van der Waals surface area (Å²) in [5, 5.41) is 12.9. The van der Waals surface area contributed by atoms with Crippen molar-refractivity contribution < 1.29 is 9.90 Å². The number of hydrogen-bond donors (Lipinski definition) is 3. The van der Waals surface area contributed by atoms with Crippen LogP contribution in [0.3, 0.4) is 0 Å². The van der Waals surface area contributed by atoms with Crippen LogP contribution in [0.25, 0.3) is 21.9 Å². The van der Waals surface area contributed by atoms with Gasteiger partial charge in [-0.25, -0.2) is 9.97 Å². The monoisotopic (exact) mass is 363 g/mol. The first kappa shape index (κ1) is 16.9. The van der Waals surface area contributed by atoms with E-state index in [9.17, 15) is 14.7 Å². The van der Waals surface area contributed by atoms with Gasteiger partial charge >= 0.3 is 0 Å². The number of fused-ring (bicyclic) bond motifs is 2. The molecule has 8 heteroatoms. The Bertz CT molecular complexity index is 1240. The van der Waals surface area contributed by atoms with Gasteiger partial charge in [0.15, 0.2) is 0 Å². The van der Waals surface area contributed by atoms with Gasteiger partial charge in [0.25, 0.3) is 11.5 Å². The minimum Gasteiger partial charge on any atom is -0.385 e. The first-order valence-corrected chi connectivity index (χ1v) is 8.37. The van der Waals surface area contributed by atoms with Crippen molar-refractivity contribution >= 4 is 33.5 Å². The van der Waals surface area contributed by atoms with Gasteiger partial charge in [-0.15, -0.1) is 0 Å². The van der Waals surface area contributed by atoms with Crippen molar-refractivity contribution in [3.05, 3.63) is 64.5 Å². The second-order valence-corrected chi connectivity index (χ2v) is 6.38. The SMILES string of the molecule is CC(O)c1nc2ccc(NC(=O)c3ccc4c(=O)n(C)cnc4c3)cc2[nH]1. The molecule has 0 saturated carbocycles. The Morgan fingerprint density at radius 3 is 2.81 bits per heavy atom. The fraction of sp³-hybridized carbons (Fsp3) is 0.158. The molecule has 0 aliphatic carbocycles. The van der Waals surface area contributed by atoms with Crippen LogP contribution in [-0.2, 0) is 7.05 Å². The summed E-state index contributed by atoms with van der Waals surface area (Å²) in [5.41, 5.74) is 2.71. The fourth-order valence-electron chi connectivity index (χ4n) is 2.86. The highest BCUT2D eigenvalue weighted by molar-refractivity contribution is 6.06. The number of aliphatic hydroxyl groups is 1. The third-order valence-electron chi connectivity index (χ3n) is 4.33. The molecule has 2 aromatic heterocycles. The van der Waals surface area contributed by atoms with Crippen LogP contribution in [0.2, 0.25) is 0 Å². The predicted octanol–water partition coefficient (Wildman–Crippen LogP) is 2.12. The molecule has 1 amide bonds. The summed E-state index contributed by atoms with van der Waals surface area (Å²) in [6.07, 6.45) is 0.728. The van der Waals surface area contributed by atoms with Crippen LogP contribution in [-0.4, -0.2) is 30.5 Å². The van der Waals surface area contributed by atoms with Gasteiger partial charge in [0.2, 0.25) is 0 Å². The third kappa shape index (κ3) is 3.06. The van der Waals surface area contributed by atoms with Crippen molar-refractivity contribution in [1.29, 1.82) is 0 Å². The number of rotatable bonds is 3. The van der Waals surface area contributed by atoms with Crippen LogP contribution in [0.1, 0.15) is 29.2 Å². The van der Waals surface area contributed by atoms with Gasteiger partial charge in [0.05, 0.1) is 28.3 Å². The number of carbonyl (C=O) groups excluding carboxylic acids is 1. The number of nitrogens with zero attached hydrogens (tertiary/aromatic N) is 3. The molecule has 0 bridgehead atoms. The number of nitrogens with one attached hydrogen (secondary N) is 2. The minimum absolute atomic E-state index is 0.162. The second kappa shape index (κ2) is 6.33. The normalized spacial score (nSPS) is 12.4. The highest BCUT2D eigenvalue weighted by Crippen LogP contribution is 2.20. The number of aromatic nitrogens is 4. The zero-order chi connectivity index (χ0) is 19.1. The number of aliphatic hydroxyl groups excluding tert-OH is 1. The topological polar surface area (TPSA) is 113 Å². The molecule has 4 rings (SSSR count). The van der Waals surface area contributed by atoms with Gasteiger partial charge < -0.3 is 20.0 Å². The van der Waals surface area contributed by atoms with Crippen molar-refractivity contribution in [2.45, 2.75) is 13.0 Å². The highest BCUT2D eigenvalue weighted by Gasteiger charge is 2.12. The zero-order valence-corrected chi connectivity index (χ0v) is 14.7. The van der Waals surface area contributed by atoms with Crippen LogP contribution >= 0.6 is 0 Å². The molecule has 0 fully saturated rings. The maximum Gasteiger partial charge on any atom is 0.260 e. The summed E-state index contributed by atoms with van der Waals surface area (Å²) in [4.78, 5) is 36.1. The Kier molecular flexibility index (Phi) is 3.97. The first-order valence-electron chi connectivity index (χ1n) is 8.37. The summed E-state index contributed by atoms with van der Waals surface area (Å²) in [7, 11) is 1.63. The maximum atomic E-state index is 12.6. The molecular weight excluding hydrogens is 346 g/mol. The Labute approximate surface area is 153 Å². The van der Waals surface area contributed by atoms with E-state index in [0.717, 1.165) is 0 Å². The van der Waals surface area contributed by atoms with Crippen molar-refractivity contribution in [2.75, 3.05) is 5.32 Å². The summed E-state index contributed by atoms with van der Waals surface area (Å²) < 4.78 is 1.39. The maximum absolute atomic E-state index is 12.6. The average molecular weight is 363 g/mol. The molecule has 0 aliphatic rings. The molecule has 0 spiro atoms. The molecule has 2 aromatic carbocycles. The van der Waals surface area contributed by atoms with E-state index in [2.05, 4.69) is 20.3 Å². The van der Waals surface area contributed by atoms with Crippen molar-refractivity contribution in [2.24, 2.45) is 7.05 Å². The molecule has 0 aliphatic heterocycles. The number of hydrogen-bond acceptors (Lipinski definition) is 5.